The molecule has 2 fully saturated rings. The molecule has 4 aromatic rings. The maximum atomic E-state index is 14.2. The predicted octanol–water partition coefficient (Wildman–Crippen LogP) is 4.12. The third-order valence-corrected chi connectivity index (χ3v) is 9.32. The molecule has 2 aliphatic rings. The van der Waals surface area contributed by atoms with Gasteiger partial charge < -0.3 is 20.3 Å². The minimum absolute atomic E-state index is 0.0445. The van der Waals surface area contributed by atoms with Gasteiger partial charge in [0.15, 0.2) is 0 Å². The van der Waals surface area contributed by atoms with E-state index in [0.717, 1.165) is 0 Å². The van der Waals surface area contributed by atoms with E-state index >= 15 is 0 Å². The van der Waals surface area contributed by atoms with Crippen LogP contribution in [0.25, 0.3) is 16.7 Å². The number of imidazole rings is 1. The zero-order chi connectivity index (χ0) is 34.0. The van der Waals surface area contributed by atoms with Gasteiger partial charge in [-0.1, -0.05) is 18.2 Å². The van der Waals surface area contributed by atoms with Gasteiger partial charge >= 0.3 is 5.69 Å². The third-order valence-electron chi connectivity index (χ3n) is 9.32. The maximum Gasteiger partial charge on any atom is 0.334 e. The number of nitrogens with zero attached hydrogens (tertiary/aromatic N) is 7. The van der Waals surface area contributed by atoms with Crippen LogP contribution in [0.3, 0.4) is 0 Å². The largest absolute Gasteiger partial charge is 0.457 e. The fraction of sp³-hybridized carbons (Fsp3) is 0.361. The SMILES string of the molecule is CC(=O)N1CCN(C(C)(C)/C=C(/C#N)C(=O)N2CCC[C@@H](n3c(=O)n(-c4ccc(Oc5ccccc5)cc4)c4c(N)nccc43)C2)CC1. The predicted molar refractivity (Wildman–Crippen MR) is 183 cm³/mol. The number of ether oxygens (including phenoxy) is 1. The Morgan fingerprint density at radius 1 is 0.979 bits per heavy atom. The van der Waals surface area contributed by atoms with E-state index in [1.54, 1.807) is 68.5 Å². The number of para-hydroxylation sites is 1. The lowest BCUT2D eigenvalue weighted by atomic mass is 9.96. The minimum atomic E-state index is -0.574. The van der Waals surface area contributed by atoms with Crippen molar-refractivity contribution >= 4 is 28.7 Å². The average Bonchev–Trinajstić information content (AvgIpc) is 3.40. The van der Waals surface area contributed by atoms with E-state index in [4.69, 9.17) is 10.5 Å². The van der Waals surface area contributed by atoms with Crippen LogP contribution in [0.4, 0.5) is 5.82 Å². The van der Waals surface area contributed by atoms with Crippen LogP contribution in [0.5, 0.6) is 11.5 Å². The van der Waals surface area contributed by atoms with E-state index in [-0.39, 0.29) is 41.5 Å². The molecule has 12 nitrogen and oxygen atoms in total. The molecule has 4 heterocycles. The van der Waals surface area contributed by atoms with Gasteiger partial charge in [-0.05, 0) is 75.2 Å². The fourth-order valence-corrected chi connectivity index (χ4v) is 6.77. The monoisotopic (exact) mass is 648 g/mol. The van der Waals surface area contributed by atoms with Gasteiger partial charge in [0.05, 0.1) is 17.2 Å². The average molecular weight is 649 g/mol. The first-order valence-corrected chi connectivity index (χ1v) is 16.2. The normalized spacial score (nSPS) is 17.7. The Morgan fingerprint density at radius 2 is 1.67 bits per heavy atom. The molecule has 2 saturated heterocycles. The van der Waals surface area contributed by atoms with Crippen molar-refractivity contribution in [3.63, 3.8) is 0 Å². The second-order valence-electron chi connectivity index (χ2n) is 12.8. The van der Waals surface area contributed by atoms with Crippen molar-refractivity contribution in [2.45, 2.75) is 45.2 Å². The summed E-state index contributed by atoms with van der Waals surface area (Å²) in [6.45, 7) is 8.77. The molecule has 6 rings (SSSR count). The summed E-state index contributed by atoms with van der Waals surface area (Å²) in [4.78, 5) is 49.8. The number of hydrogen-bond acceptors (Lipinski definition) is 8. The third kappa shape index (κ3) is 6.41. The number of carbonyl (C=O) groups excluding carboxylic acids is 2. The molecule has 2 aromatic heterocycles. The highest BCUT2D eigenvalue weighted by Crippen LogP contribution is 2.30. The molecule has 0 radical (unpaired) electrons. The molecular weight excluding hydrogens is 608 g/mol. The Hall–Kier alpha value is -5.41. The summed E-state index contributed by atoms with van der Waals surface area (Å²) in [5.41, 5.74) is 7.30. The Morgan fingerprint density at radius 3 is 2.33 bits per heavy atom. The number of amides is 2. The molecule has 2 aromatic carbocycles. The van der Waals surface area contributed by atoms with E-state index < -0.39 is 5.54 Å². The minimum Gasteiger partial charge on any atom is -0.457 e. The standard InChI is InChI=1S/C36H40N8O4/c1-25(45)40-18-20-42(21-19-40)36(2,3)22-26(23-37)34(46)41-17-7-8-28(24-41)43-31-15-16-39-33(38)32(31)44(35(43)47)27-11-13-30(14-12-27)48-29-9-5-4-6-10-29/h4-6,9-16,22,28H,7-8,17-21,24H2,1-3H3,(H2,38,39)/b26-22-/t28-/m1/s1. The molecule has 48 heavy (non-hydrogen) atoms. The molecule has 0 saturated carbocycles. The first-order chi connectivity index (χ1) is 23.1. The van der Waals surface area contributed by atoms with E-state index in [9.17, 15) is 19.6 Å². The highest BCUT2D eigenvalue weighted by Gasteiger charge is 2.34. The zero-order valence-corrected chi connectivity index (χ0v) is 27.5. The lowest BCUT2D eigenvalue weighted by Gasteiger charge is -2.42. The van der Waals surface area contributed by atoms with Gasteiger partial charge in [-0.25, -0.2) is 9.78 Å². The second kappa shape index (κ2) is 13.4. The number of carbonyl (C=O) groups is 2. The lowest BCUT2D eigenvalue weighted by molar-refractivity contribution is -0.131. The van der Waals surface area contributed by atoms with Gasteiger partial charge in [0.2, 0.25) is 5.91 Å². The van der Waals surface area contributed by atoms with Crippen LogP contribution in [0, 0.1) is 11.3 Å². The number of piperidine rings is 1. The number of nitriles is 1. The van der Waals surface area contributed by atoms with E-state index in [2.05, 4.69) is 16.0 Å². The number of piperazine rings is 1. The van der Waals surface area contributed by atoms with E-state index in [1.807, 2.05) is 44.2 Å². The maximum absolute atomic E-state index is 14.2. The summed E-state index contributed by atoms with van der Waals surface area (Å²) in [5.74, 6) is 1.23. The van der Waals surface area contributed by atoms with Crippen molar-refractivity contribution < 1.29 is 14.3 Å². The first-order valence-electron chi connectivity index (χ1n) is 16.2. The highest BCUT2D eigenvalue weighted by molar-refractivity contribution is 5.97. The number of likely N-dealkylation sites (tertiary alicyclic amines) is 1. The first kappa shape index (κ1) is 32.5. The molecule has 0 unspecified atom stereocenters. The summed E-state index contributed by atoms with van der Waals surface area (Å²) < 4.78 is 9.20. The van der Waals surface area contributed by atoms with Gasteiger partial charge in [-0.15, -0.1) is 0 Å². The molecule has 0 aliphatic carbocycles. The van der Waals surface area contributed by atoms with Crippen molar-refractivity contribution in [1.29, 1.82) is 5.26 Å². The quantitative estimate of drug-likeness (QED) is 0.233. The second-order valence-corrected chi connectivity index (χ2v) is 12.8. The van der Waals surface area contributed by atoms with Crippen molar-refractivity contribution in [3.8, 4) is 23.3 Å². The van der Waals surface area contributed by atoms with Crippen molar-refractivity contribution in [2.75, 3.05) is 45.0 Å². The number of fused-ring (bicyclic) bond motifs is 1. The summed E-state index contributed by atoms with van der Waals surface area (Å²) in [5, 5.41) is 10.1. The van der Waals surface area contributed by atoms with Crippen LogP contribution in [-0.2, 0) is 9.59 Å². The van der Waals surface area contributed by atoms with Crippen LogP contribution in [0.2, 0.25) is 0 Å². The Bertz CT molecular complexity index is 1950. The zero-order valence-electron chi connectivity index (χ0n) is 27.5. The molecule has 2 amide bonds. The smallest absolute Gasteiger partial charge is 0.334 e. The molecule has 2 aliphatic heterocycles. The van der Waals surface area contributed by atoms with Crippen molar-refractivity contribution in [3.05, 3.63) is 89.0 Å². The topological polar surface area (TPSA) is 143 Å². The molecule has 0 spiro atoms. The summed E-state index contributed by atoms with van der Waals surface area (Å²) in [6.07, 6.45) is 4.65. The highest BCUT2D eigenvalue weighted by atomic mass is 16.5. The molecular formula is C36H40N8O4. The number of benzene rings is 2. The number of rotatable bonds is 7. The molecule has 2 N–H and O–H groups in total. The number of aromatic nitrogens is 3. The number of hydrogen-bond donors (Lipinski definition) is 1. The summed E-state index contributed by atoms with van der Waals surface area (Å²) >= 11 is 0. The fourth-order valence-electron chi connectivity index (χ4n) is 6.77. The molecule has 248 valence electrons. The van der Waals surface area contributed by atoms with Crippen LogP contribution in [0.15, 0.2) is 83.3 Å². The Kier molecular flexibility index (Phi) is 9.06. The molecule has 0 bridgehead atoms. The van der Waals surface area contributed by atoms with Gasteiger partial charge in [-0.3, -0.25) is 23.6 Å². The van der Waals surface area contributed by atoms with Crippen LogP contribution in [0.1, 0.15) is 39.7 Å². The van der Waals surface area contributed by atoms with Gasteiger partial charge in [0.25, 0.3) is 5.91 Å². The van der Waals surface area contributed by atoms with Crippen molar-refractivity contribution in [2.24, 2.45) is 0 Å². The van der Waals surface area contributed by atoms with E-state index in [0.29, 0.717) is 73.8 Å². The van der Waals surface area contributed by atoms with Crippen molar-refractivity contribution in [1.82, 2.24) is 28.8 Å². The molecule has 12 heteroatoms. The number of anilines is 1. The van der Waals surface area contributed by atoms with E-state index in [1.165, 1.54) is 0 Å². The number of pyridine rings is 1. The Labute approximate surface area is 279 Å². The molecule has 1 atom stereocenters. The van der Waals surface area contributed by atoms with Crippen LogP contribution in [-0.4, -0.2) is 85.4 Å². The van der Waals surface area contributed by atoms with Crippen LogP contribution < -0.4 is 16.2 Å². The lowest BCUT2D eigenvalue weighted by Crippen LogP contribution is -2.55. The Balaban J connectivity index is 1.26. The van der Waals surface area contributed by atoms with Gasteiger partial charge in [0, 0.05) is 57.9 Å². The van der Waals surface area contributed by atoms with Gasteiger partial charge in [0.1, 0.15) is 34.5 Å². The number of nitrogens with two attached hydrogens (primary N) is 1. The number of nitrogen functional groups attached to an aromatic ring is 1. The summed E-state index contributed by atoms with van der Waals surface area (Å²) in [7, 11) is 0. The van der Waals surface area contributed by atoms with Gasteiger partial charge in [-0.2, -0.15) is 5.26 Å². The van der Waals surface area contributed by atoms with Crippen LogP contribution >= 0.6 is 0 Å². The summed E-state index contributed by atoms with van der Waals surface area (Å²) in [6, 6.07) is 20.2.